The van der Waals surface area contributed by atoms with E-state index in [1.807, 2.05) is 0 Å². The van der Waals surface area contributed by atoms with Crippen LogP contribution >= 0.6 is 37.9 Å². The lowest BCUT2D eigenvalue weighted by molar-refractivity contribution is -0.0459. The maximum absolute atomic E-state index is 14.2. The van der Waals surface area contributed by atoms with Crippen LogP contribution in [0.15, 0.2) is 25.3 Å². The van der Waals surface area contributed by atoms with E-state index in [1.54, 1.807) is 4.57 Å². The monoisotopic (exact) mass is 802 g/mol. The average molecular weight is 803 g/mol. The third-order valence-electron chi connectivity index (χ3n) is 9.74. The van der Waals surface area contributed by atoms with Gasteiger partial charge in [0.2, 0.25) is 0 Å². The molecule has 0 aromatic carbocycles. The summed E-state index contributed by atoms with van der Waals surface area (Å²) >= 11 is 8.80. The van der Waals surface area contributed by atoms with Gasteiger partial charge in [-0.05, 0) is 18.1 Å². The second-order valence-electron chi connectivity index (χ2n) is 14.1. The number of hydrogen-bond donors (Lipinski definition) is 7. The molecule has 0 saturated carbocycles. The first-order valence-corrected chi connectivity index (χ1v) is 24.4. The van der Waals surface area contributed by atoms with Crippen molar-refractivity contribution in [2.45, 2.75) is 87.9 Å². The Balaban J connectivity index is 1.23. The highest BCUT2D eigenvalue weighted by Gasteiger charge is 2.54. The lowest BCUT2D eigenvalue weighted by Crippen LogP contribution is -2.52. The van der Waals surface area contributed by atoms with Crippen molar-refractivity contribution in [2.24, 2.45) is 0 Å². The molecule has 4 aromatic heterocycles. The zero-order valence-electron chi connectivity index (χ0n) is 28.2. The van der Waals surface area contributed by atoms with Gasteiger partial charge in [0, 0.05) is 0 Å². The summed E-state index contributed by atoms with van der Waals surface area (Å²) in [5.41, 5.74) is 13.4. The molecule has 20 nitrogen and oxygen atoms in total. The van der Waals surface area contributed by atoms with Gasteiger partial charge in [-0.15, -0.1) is 0 Å². The summed E-state index contributed by atoms with van der Waals surface area (Å²) in [7, 11) is -2.57. The number of thiol groups is 2. The lowest BCUT2D eigenvalue weighted by Gasteiger charge is -2.41. The number of rotatable bonds is 4. The number of imidazole rings is 2. The zero-order chi connectivity index (χ0) is 36.7. The van der Waals surface area contributed by atoms with Gasteiger partial charge in [-0.1, -0.05) is 45.3 Å². The molecule has 278 valence electrons. The molecule has 0 bridgehead atoms. The number of nitrogens with one attached hydrogen (secondary N) is 2. The summed E-state index contributed by atoms with van der Waals surface area (Å²) in [5.74, 6) is 0.316. The van der Waals surface area contributed by atoms with E-state index in [-0.39, 0.29) is 29.9 Å². The van der Waals surface area contributed by atoms with Crippen LogP contribution in [0.1, 0.15) is 33.2 Å². The fourth-order valence-electron chi connectivity index (χ4n) is 6.09. The molecule has 0 amide bonds. The largest absolute Gasteiger partial charge is 0.408 e. The van der Waals surface area contributed by atoms with Crippen molar-refractivity contribution >= 4 is 80.2 Å². The minimum atomic E-state index is -4.01. The Morgan fingerprint density at radius 1 is 0.843 bits per heavy atom. The summed E-state index contributed by atoms with van der Waals surface area (Å²) in [6, 6.07) is -1.98. The number of nitrogens with two attached hydrogens (primary N) is 2. The van der Waals surface area contributed by atoms with Gasteiger partial charge in [-0.3, -0.25) is 18.3 Å². The second-order valence-corrected chi connectivity index (χ2v) is 25.1. The van der Waals surface area contributed by atoms with E-state index in [0.717, 1.165) is 0 Å². The molecule has 51 heavy (non-hydrogen) atoms. The van der Waals surface area contributed by atoms with Crippen molar-refractivity contribution in [2.75, 3.05) is 24.7 Å². The summed E-state index contributed by atoms with van der Waals surface area (Å²) in [6.45, 7) is 1.71. The van der Waals surface area contributed by atoms with Crippen LogP contribution in [0.25, 0.3) is 22.3 Å². The van der Waals surface area contributed by atoms with Crippen molar-refractivity contribution in [1.29, 1.82) is 0 Å². The van der Waals surface area contributed by atoms with E-state index < -0.39 is 70.7 Å². The number of aliphatic hydroxyl groups excluding tert-OH is 1. The van der Waals surface area contributed by atoms with Crippen molar-refractivity contribution in [3.63, 3.8) is 0 Å². The van der Waals surface area contributed by atoms with Gasteiger partial charge in [0.25, 0.3) is 0 Å². The number of aliphatic hydroxyl groups is 1. The summed E-state index contributed by atoms with van der Waals surface area (Å²) in [6.07, 6.45) is -0.699. The van der Waals surface area contributed by atoms with Gasteiger partial charge in [0.15, 0.2) is 43.7 Å². The van der Waals surface area contributed by atoms with E-state index in [9.17, 15) is 14.2 Å². The normalized spacial score (nSPS) is 35.4. The Morgan fingerprint density at radius 3 is 1.84 bits per heavy atom. The van der Waals surface area contributed by atoms with Crippen molar-refractivity contribution in [3.05, 3.63) is 25.3 Å². The Labute approximate surface area is 303 Å². The SMILES string of the molecule is CC(C)(C)[Si](C)(C)OC1[C@H](n2cnc3c(N)ncnc32)O[C@@H]2COP(=O)(S)N[C@H]3[C@@H](O)[C@H](n4cnc5c(N)ncnc54)O[C@@H]3COP(=O)(S)N[C@@H]12. The summed E-state index contributed by atoms with van der Waals surface area (Å²) in [5, 5.41) is 17.1. The third kappa shape index (κ3) is 6.97. The van der Waals surface area contributed by atoms with Crippen LogP contribution < -0.4 is 21.6 Å². The number of nitrogens with zero attached hydrogens (tertiary/aromatic N) is 8. The number of hydrogen-bond acceptors (Lipinski definition) is 16. The summed E-state index contributed by atoms with van der Waals surface area (Å²) in [4.78, 5) is 25.3. The van der Waals surface area contributed by atoms with Crippen LogP contribution in [0.2, 0.25) is 18.1 Å². The highest BCUT2D eigenvalue weighted by Crippen LogP contribution is 2.55. The zero-order valence-corrected chi connectivity index (χ0v) is 32.7. The van der Waals surface area contributed by atoms with Crippen LogP contribution in [0.4, 0.5) is 11.6 Å². The predicted molar refractivity (Wildman–Crippen MR) is 194 cm³/mol. The van der Waals surface area contributed by atoms with Gasteiger partial charge in [0.05, 0.1) is 38.0 Å². The standard InChI is InChI=1S/C26H40N12O8P2S2Si/c1-26(2,3)51(4,5)46-19-15-13(45-25(19)38-11-34-17-21(28)30-9-32-23(17)38)7-43-47(40,49)35-14-12(6-42-48(41,50)36-15)44-24(18(14)39)37-10-33-16-20(27)29-8-31-22(16)37/h8-15,18-19,24-25,39H,6-7H2,1-5H3,(H2,27,29,31)(H2,28,30,32)(H2,35,40,49)(H2,36,41,50)/t12-,13-,14-,15-,18-,19?,24-,25-,47?,48?/m1/s1. The lowest BCUT2D eigenvalue weighted by atomic mass is 10.1. The van der Waals surface area contributed by atoms with E-state index >= 15 is 0 Å². The van der Waals surface area contributed by atoms with Crippen molar-refractivity contribution < 1.29 is 37.2 Å². The van der Waals surface area contributed by atoms with E-state index in [4.69, 9.17) is 34.4 Å². The molecule has 25 heteroatoms. The Morgan fingerprint density at radius 2 is 1.31 bits per heavy atom. The first-order chi connectivity index (χ1) is 23.9. The van der Waals surface area contributed by atoms with E-state index in [0.29, 0.717) is 22.3 Å². The van der Waals surface area contributed by atoms with Crippen LogP contribution in [0, 0.1) is 0 Å². The van der Waals surface area contributed by atoms with Gasteiger partial charge < -0.3 is 39.5 Å². The molecule has 3 saturated heterocycles. The number of fused-ring (bicyclic) bond motifs is 4. The molecule has 0 radical (unpaired) electrons. The topological polar surface area (TPSA) is 264 Å². The molecule has 3 aliphatic heterocycles. The maximum Gasteiger partial charge on any atom is 0.324 e. The first-order valence-electron chi connectivity index (χ1n) is 15.9. The van der Waals surface area contributed by atoms with Gasteiger partial charge in [-0.25, -0.2) is 40.1 Å². The molecule has 7 heterocycles. The average Bonchev–Trinajstić information content (AvgIpc) is 3.80. The van der Waals surface area contributed by atoms with Crippen LogP contribution in [0.3, 0.4) is 0 Å². The molecule has 7 rings (SSSR count). The van der Waals surface area contributed by atoms with Gasteiger partial charge in [-0.2, -0.15) is 0 Å². The molecule has 10 atom stereocenters. The maximum atomic E-state index is 14.2. The molecule has 4 aromatic rings. The molecule has 3 aliphatic rings. The van der Waals surface area contributed by atoms with Gasteiger partial charge in [0.1, 0.15) is 48.1 Å². The highest BCUT2D eigenvalue weighted by atomic mass is 32.7. The van der Waals surface area contributed by atoms with Crippen LogP contribution in [-0.4, -0.2) is 102 Å². The third-order valence-corrected chi connectivity index (χ3v) is 17.8. The molecule has 7 N–H and O–H groups in total. The van der Waals surface area contributed by atoms with E-state index in [1.165, 1.54) is 29.9 Å². The Bertz CT molecular complexity index is 2050. The number of nitrogen functional groups attached to an aromatic ring is 2. The Hall–Kier alpha value is -2.24. The molecular formula is C26H40N12O8P2S2Si. The minimum absolute atomic E-state index is 0.138. The molecule has 3 unspecified atom stereocenters. The van der Waals surface area contributed by atoms with Crippen molar-refractivity contribution in [1.82, 2.24) is 49.2 Å². The fourth-order valence-corrected chi connectivity index (χ4v) is 10.8. The molecule has 0 aliphatic carbocycles. The van der Waals surface area contributed by atoms with Gasteiger partial charge >= 0.3 is 13.4 Å². The fraction of sp³-hybridized carbons (Fsp3) is 0.615. The number of aromatic nitrogens is 8. The smallest absolute Gasteiger partial charge is 0.324 e. The Kier molecular flexibility index (Phi) is 9.64. The molecule has 0 spiro atoms. The minimum Gasteiger partial charge on any atom is -0.408 e. The quantitative estimate of drug-likeness (QED) is 0.0887. The predicted octanol–water partition coefficient (Wildman–Crippen LogP) is 2.42. The van der Waals surface area contributed by atoms with Crippen LogP contribution in [-0.2, 0) is 32.1 Å². The first kappa shape index (κ1) is 37.1. The summed E-state index contributed by atoms with van der Waals surface area (Å²) < 4.78 is 62.8. The molecular weight excluding hydrogens is 763 g/mol. The molecule has 3 fully saturated rings. The highest BCUT2D eigenvalue weighted by molar-refractivity contribution is 8.45. The van der Waals surface area contributed by atoms with Crippen LogP contribution in [0.5, 0.6) is 0 Å². The van der Waals surface area contributed by atoms with E-state index in [2.05, 4.69) is 98.4 Å². The second kappa shape index (κ2) is 13.3. The van der Waals surface area contributed by atoms with Crippen molar-refractivity contribution in [3.8, 4) is 0 Å². The number of ether oxygens (including phenoxy) is 2. The number of anilines is 2.